The third-order valence-corrected chi connectivity index (χ3v) is 5.57. The van der Waals surface area contributed by atoms with Crippen molar-refractivity contribution in [2.24, 2.45) is 0 Å². The van der Waals surface area contributed by atoms with Crippen molar-refractivity contribution in [2.45, 2.75) is 38.8 Å². The van der Waals surface area contributed by atoms with E-state index >= 15 is 0 Å². The van der Waals surface area contributed by atoms with Gasteiger partial charge in [0.05, 0.1) is 0 Å². The SMILES string of the molecule is CC(C)N1CCN(C2=CC=C(c3ccccc3)CN2C2CC2)CC1. The molecule has 1 saturated carbocycles. The van der Waals surface area contributed by atoms with E-state index in [-0.39, 0.29) is 0 Å². The molecule has 1 aliphatic carbocycles. The number of piperazine rings is 1. The molecule has 1 aromatic rings. The average Bonchev–Trinajstić information content (AvgIpc) is 3.47. The van der Waals surface area contributed by atoms with Gasteiger partial charge in [0.2, 0.25) is 0 Å². The molecule has 2 aliphatic heterocycles. The van der Waals surface area contributed by atoms with Gasteiger partial charge in [0.25, 0.3) is 0 Å². The summed E-state index contributed by atoms with van der Waals surface area (Å²) in [6, 6.07) is 12.3. The fraction of sp³-hybridized carbons (Fsp3) is 0.524. The predicted octanol–water partition coefficient (Wildman–Crippen LogP) is 3.42. The monoisotopic (exact) mass is 323 g/mol. The van der Waals surface area contributed by atoms with Crippen LogP contribution in [0.5, 0.6) is 0 Å². The lowest BCUT2D eigenvalue weighted by molar-refractivity contribution is 0.103. The van der Waals surface area contributed by atoms with E-state index in [2.05, 4.69) is 71.0 Å². The molecule has 1 aromatic carbocycles. The molecule has 3 heteroatoms. The Morgan fingerprint density at radius 2 is 1.62 bits per heavy atom. The van der Waals surface area contributed by atoms with Crippen LogP contribution in [-0.4, -0.2) is 59.5 Å². The lowest BCUT2D eigenvalue weighted by Crippen LogP contribution is -2.51. The van der Waals surface area contributed by atoms with E-state index < -0.39 is 0 Å². The van der Waals surface area contributed by atoms with Gasteiger partial charge in [-0.3, -0.25) is 4.90 Å². The van der Waals surface area contributed by atoms with Crippen molar-refractivity contribution in [3.05, 3.63) is 53.9 Å². The molecule has 0 aromatic heterocycles. The number of rotatable bonds is 4. The molecule has 2 fully saturated rings. The van der Waals surface area contributed by atoms with Gasteiger partial charge >= 0.3 is 0 Å². The third-order valence-electron chi connectivity index (χ3n) is 5.57. The fourth-order valence-electron chi connectivity index (χ4n) is 3.88. The minimum absolute atomic E-state index is 0.664. The maximum absolute atomic E-state index is 2.66. The van der Waals surface area contributed by atoms with Crippen molar-refractivity contribution in [1.29, 1.82) is 0 Å². The summed E-state index contributed by atoms with van der Waals surface area (Å²) in [5.74, 6) is 1.46. The van der Waals surface area contributed by atoms with Crippen LogP contribution in [0, 0.1) is 0 Å². The number of allylic oxidation sites excluding steroid dienone is 2. The number of hydrogen-bond donors (Lipinski definition) is 0. The Labute approximate surface area is 146 Å². The van der Waals surface area contributed by atoms with Crippen LogP contribution in [0.25, 0.3) is 5.57 Å². The summed E-state index contributed by atoms with van der Waals surface area (Å²) in [7, 11) is 0. The van der Waals surface area contributed by atoms with E-state index in [4.69, 9.17) is 0 Å². The maximum atomic E-state index is 2.66. The van der Waals surface area contributed by atoms with Gasteiger partial charge in [-0.15, -0.1) is 0 Å². The lowest BCUT2D eigenvalue weighted by Gasteiger charge is -2.43. The molecule has 0 spiro atoms. The van der Waals surface area contributed by atoms with Gasteiger partial charge in [0.15, 0.2) is 0 Å². The quantitative estimate of drug-likeness (QED) is 0.841. The van der Waals surface area contributed by atoms with Crippen LogP contribution < -0.4 is 0 Å². The van der Waals surface area contributed by atoms with E-state index in [0.717, 1.165) is 25.7 Å². The highest BCUT2D eigenvalue weighted by molar-refractivity contribution is 5.70. The van der Waals surface area contributed by atoms with Crippen molar-refractivity contribution in [3.63, 3.8) is 0 Å². The second kappa shape index (κ2) is 6.64. The van der Waals surface area contributed by atoms with Crippen molar-refractivity contribution < 1.29 is 0 Å². The molecule has 0 amide bonds. The van der Waals surface area contributed by atoms with Crippen molar-refractivity contribution >= 4 is 5.57 Å². The van der Waals surface area contributed by atoms with Crippen LogP contribution in [0.15, 0.2) is 48.3 Å². The molecule has 0 N–H and O–H groups in total. The van der Waals surface area contributed by atoms with E-state index in [1.165, 1.54) is 42.9 Å². The Kier molecular flexibility index (Phi) is 4.36. The number of hydrogen-bond acceptors (Lipinski definition) is 3. The third kappa shape index (κ3) is 3.23. The van der Waals surface area contributed by atoms with Crippen molar-refractivity contribution in [3.8, 4) is 0 Å². The van der Waals surface area contributed by atoms with Crippen molar-refractivity contribution in [1.82, 2.24) is 14.7 Å². The lowest BCUT2D eigenvalue weighted by atomic mass is 10.0. The molecular formula is C21H29N3. The summed E-state index contributed by atoms with van der Waals surface area (Å²) in [4.78, 5) is 7.86. The summed E-state index contributed by atoms with van der Waals surface area (Å²) >= 11 is 0. The molecule has 0 bridgehead atoms. The van der Waals surface area contributed by atoms with E-state index in [9.17, 15) is 0 Å². The predicted molar refractivity (Wildman–Crippen MR) is 101 cm³/mol. The first-order valence-corrected chi connectivity index (χ1v) is 9.44. The Morgan fingerprint density at radius 1 is 0.917 bits per heavy atom. The molecule has 24 heavy (non-hydrogen) atoms. The van der Waals surface area contributed by atoms with Gasteiger partial charge in [-0.2, -0.15) is 0 Å². The van der Waals surface area contributed by atoms with E-state index in [0.29, 0.717) is 6.04 Å². The highest BCUT2D eigenvalue weighted by Crippen LogP contribution is 2.36. The zero-order valence-electron chi connectivity index (χ0n) is 15.0. The average molecular weight is 323 g/mol. The van der Waals surface area contributed by atoms with Gasteiger partial charge in [-0.05, 0) is 43.9 Å². The molecule has 4 rings (SSSR count). The zero-order chi connectivity index (χ0) is 16.5. The maximum Gasteiger partial charge on any atom is 0.105 e. The molecule has 0 radical (unpaired) electrons. The van der Waals surface area contributed by atoms with E-state index in [1.54, 1.807) is 0 Å². The van der Waals surface area contributed by atoms with Crippen LogP contribution >= 0.6 is 0 Å². The van der Waals surface area contributed by atoms with Crippen molar-refractivity contribution in [2.75, 3.05) is 32.7 Å². The van der Waals surface area contributed by atoms with Gasteiger partial charge in [0, 0.05) is 44.8 Å². The van der Waals surface area contributed by atoms with E-state index in [1.807, 2.05) is 0 Å². The standard InChI is InChI=1S/C21H29N3/c1-17(2)22-12-14-23(15-13-22)21-11-8-19(16-24(21)20-9-10-20)18-6-4-3-5-7-18/h3-8,11,17,20H,9-10,12-16H2,1-2H3. The first-order chi connectivity index (χ1) is 11.7. The Balaban J connectivity index is 1.53. The highest BCUT2D eigenvalue weighted by Gasteiger charge is 2.35. The summed E-state index contributed by atoms with van der Waals surface area (Å²) in [6.07, 6.45) is 7.42. The van der Waals surface area contributed by atoms with Gasteiger partial charge in [-0.1, -0.05) is 36.4 Å². The number of benzene rings is 1. The first-order valence-electron chi connectivity index (χ1n) is 9.44. The summed E-state index contributed by atoms with van der Waals surface area (Å²) < 4.78 is 0. The highest BCUT2D eigenvalue weighted by atomic mass is 15.4. The Hall–Kier alpha value is -1.74. The smallest absolute Gasteiger partial charge is 0.105 e. The Bertz CT molecular complexity index is 620. The summed E-state index contributed by atoms with van der Waals surface area (Å²) in [6.45, 7) is 10.3. The molecule has 0 unspecified atom stereocenters. The molecule has 128 valence electrons. The normalized spacial score (nSPS) is 22.6. The minimum atomic E-state index is 0.664. The molecule has 3 aliphatic rings. The summed E-state index contributed by atoms with van der Waals surface area (Å²) in [5.41, 5.74) is 2.81. The largest absolute Gasteiger partial charge is 0.356 e. The zero-order valence-corrected chi connectivity index (χ0v) is 15.0. The molecule has 1 saturated heterocycles. The molecule has 0 atom stereocenters. The fourth-order valence-corrected chi connectivity index (χ4v) is 3.88. The van der Waals surface area contributed by atoms with Gasteiger partial charge in [-0.25, -0.2) is 0 Å². The second-order valence-electron chi connectivity index (χ2n) is 7.56. The topological polar surface area (TPSA) is 9.72 Å². The van der Waals surface area contributed by atoms with Crippen LogP contribution in [0.4, 0.5) is 0 Å². The van der Waals surface area contributed by atoms with Crippen LogP contribution in [0.3, 0.4) is 0 Å². The molecule has 2 heterocycles. The van der Waals surface area contributed by atoms with Crippen LogP contribution in [-0.2, 0) is 0 Å². The molecular weight excluding hydrogens is 294 g/mol. The first kappa shape index (κ1) is 15.8. The van der Waals surface area contributed by atoms with Gasteiger partial charge < -0.3 is 9.80 Å². The van der Waals surface area contributed by atoms with Gasteiger partial charge in [0.1, 0.15) is 5.82 Å². The summed E-state index contributed by atoms with van der Waals surface area (Å²) in [5, 5.41) is 0. The number of nitrogens with zero attached hydrogens (tertiary/aromatic N) is 3. The molecule has 3 nitrogen and oxygen atoms in total. The Morgan fingerprint density at radius 3 is 2.25 bits per heavy atom. The van der Waals surface area contributed by atoms with Crippen LogP contribution in [0.1, 0.15) is 32.3 Å². The second-order valence-corrected chi connectivity index (χ2v) is 7.56. The van der Waals surface area contributed by atoms with Crippen LogP contribution in [0.2, 0.25) is 0 Å². The minimum Gasteiger partial charge on any atom is -0.356 e.